The minimum atomic E-state index is -0.693. The van der Waals surface area contributed by atoms with Crippen LogP contribution in [0.15, 0.2) is 36.4 Å². The van der Waals surface area contributed by atoms with Crippen molar-refractivity contribution in [1.82, 2.24) is 9.88 Å². The number of hydrogen-bond donors (Lipinski definition) is 1. The number of aliphatic hydroxyl groups is 1. The summed E-state index contributed by atoms with van der Waals surface area (Å²) in [7, 11) is 2.96. The molecule has 1 aliphatic heterocycles. The summed E-state index contributed by atoms with van der Waals surface area (Å²) in [6, 6.07) is 10.8. The molecule has 3 rings (SSSR count). The fraction of sp³-hybridized carbons (Fsp3) is 0.294. The first-order valence-electron chi connectivity index (χ1n) is 7.28. The Morgan fingerprint density at radius 2 is 2.00 bits per heavy atom. The Labute approximate surface area is 134 Å². The Balaban J connectivity index is 1.90. The number of fused-ring (bicyclic) bond motifs is 1. The average molecular weight is 314 g/mol. The van der Waals surface area contributed by atoms with Crippen LogP contribution in [-0.4, -0.2) is 41.7 Å². The summed E-state index contributed by atoms with van der Waals surface area (Å²) >= 11 is 0. The number of rotatable bonds is 3. The van der Waals surface area contributed by atoms with E-state index in [4.69, 9.17) is 9.47 Å². The van der Waals surface area contributed by atoms with Crippen molar-refractivity contribution in [3.63, 3.8) is 0 Å². The monoisotopic (exact) mass is 314 g/mol. The van der Waals surface area contributed by atoms with Crippen LogP contribution in [0, 0.1) is 0 Å². The molecule has 120 valence electrons. The Morgan fingerprint density at radius 1 is 1.22 bits per heavy atom. The molecule has 6 heteroatoms. The Kier molecular flexibility index (Phi) is 4.16. The lowest BCUT2D eigenvalue weighted by Crippen LogP contribution is -2.38. The lowest BCUT2D eigenvalue weighted by atomic mass is 9.97. The summed E-state index contributed by atoms with van der Waals surface area (Å²) in [5.74, 6) is 0.357. The van der Waals surface area contributed by atoms with Crippen LogP contribution in [-0.2, 0) is 6.54 Å². The predicted molar refractivity (Wildman–Crippen MR) is 83.5 cm³/mol. The van der Waals surface area contributed by atoms with Crippen molar-refractivity contribution in [2.45, 2.75) is 12.6 Å². The van der Waals surface area contributed by atoms with Crippen LogP contribution in [0.25, 0.3) is 0 Å². The van der Waals surface area contributed by atoms with Gasteiger partial charge in [-0.15, -0.1) is 0 Å². The van der Waals surface area contributed by atoms with E-state index in [-0.39, 0.29) is 18.3 Å². The largest absolute Gasteiger partial charge is 0.481 e. The lowest BCUT2D eigenvalue weighted by Gasteiger charge is -2.32. The zero-order valence-electron chi connectivity index (χ0n) is 13.0. The van der Waals surface area contributed by atoms with Crippen molar-refractivity contribution in [2.24, 2.45) is 0 Å². The second-order valence-electron chi connectivity index (χ2n) is 5.31. The van der Waals surface area contributed by atoms with Crippen LogP contribution in [0.2, 0.25) is 0 Å². The maximum absolute atomic E-state index is 12.8. The molecule has 1 aromatic heterocycles. The second kappa shape index (κ2) is 6.26. The van der Waals surface area contributed by atoms with Gasteiger partial charge in [-0.25, -0.2) is 0 Å². The van der Waals surface area contributed by atoms with E-state index in [1.54, 1.807) is 17.0 Å². The topological polar surface area (TPSA) is 71.9 Å². The number of carbonyl (C=O) groups is 1. The molecular weight excluding hydrogens is 296 g/mol. The van der Waals surface area contributed by atoms with Crippen LogP contribution < -0.4 is 9.47 Å². The van der Waals surface area contributed by atoms with Crippen LogP contribution in [0.4, 0.5) is 0 Å². The van der Waals surface area contributed by atoms with E-state index < -0.39 is 6.10 Å². The normalized spacial score (nSPS) is 16.7. The molecule has 1 aliphatic rings. The molecule has 0 unspecified atom stereocenters. The standard InChI is InChI=1S/C17H18N2O4/c1-22-15-8-7-13(16(18-15)23-2)17(21)19-9-11-5-3-4-6-12(11)14(20)10-19/h3-8,14,20H,9-10H2,1-2H3/t14-/m1/s1. The summed E-state index contributed by atoms with van der Waals surface area (Å²) in [5, 5.41) is 10.3. The Morgan fingerprint density at radius 3 is 2.74 bits per heavy atom. The molecule has 1 aromatic carbocycles. The van der Waals surface area contributed by atoms with Crippen molar-refractivity contribution in [2.75, 3.05) is 20.8 Å². The molecule has 0 saturated carbocycles. The van der Waals surface area contributed by atoms with Gasteiger partial charge in [-0.1, -0.05) is 24.3 Å². The van der Waals surface area contributed by atoms with Gasteiger partial charge in [0.2, 0.25) is 11.8 Å². The number of benzene rings is 1. The molecule has 2 heterocycles. The number of methoxy groups -OCH3 is 2. The van der Waals surface area contributed by atoms with Gasteiger partial charge in [-0.3, -0.25) is 4.79 Å². The SMILES string of the molecule is COc1ccc(C(=O)N2Cc3ccccc3[C@H](O)C2)c(OC)n1. The molecule has 23 heavy (non-hydrogen) atoms. The number of aromatic nitrogens is 1. The number of hydrogen-bond acceptors (Lipinski definition) is 5. The van der Waals surface area contributed by atoms with Crippen LogP contribution in [0.3, 0.4) is 0 Å². The molecule has 0 bridgehead atoms. The molecule has 1 N–H and O–H groups in total. The summed E-state index contributed by atoms with van der Waals surface area (Å²) in [5.41, 5.74) is 2.16. The molecule has 0 fully saturated rings. The Hall–Kier alpha value is -2.60. The Bertz CT molecular complexity index is 732. The van der Waals surface area contributed by atoms with Crippen LogP contribution >= 0.6 is 0 Å². The zero-order valence-corrected chi connectivity index (χ0v) is 13.0. The molecule has 2 aromatic rings. The fourth-order valence-electron chi connectivity index (χ4n) is 2.76. The van der Waals surface area contributed by atoms with Gasteiger partial charge in [0.1, 0.15) is 5.56 Å². The molecule has 0 aliphatic carbocycles. The number of carbonyl (C=O) groups excluding carboxylic acids is 1. The van der Waals surface area contributed by atoms with E-state index >= 15 is 0 Å². The number of nitrogens with zero attached hydrogens (tertiary/aromatic N) is 2. The first-order valence-corrected chi connectivity index (χ1v) is 7.28. The van der Waals surface area contributed by atoms with E-state index in [9.17, 15) is 9.90 Å². The maximum atomic E-state index is 12.8. The third-order valence-corrected chi connectivity index (χ3v) is 3.92. The predicted octanol–water partition coefficient (Wildman–Crippen LogP) is 1.79. The summed E-state index contributed by atoms with van der Waals surface area (Å²) in [4.78, 5) is 18.5. The third-order valence-electron chi connectivity index (χ3n) is 3.92. The summed E-state index contributed by atoms with van der Waals surface area (Å²) < 4.78 is 10.2. The van der Waals surface area contributed by atoms with Crippen molar-refractivity contribution < 1.29 is 19.4 Å². The van der Waals surface area contributed by atoms with Crippen LogP contribution in [0.1, 0.15) is 27.6 Å². The molecule has 0 spiro atoms. The van der Waals surface area contributed by atoms with Gasteiger partial charge in [-0.2, -0.15) is 4.98 Å². The highest BCUT2D eigenvalue weighted by molar-refractivity contribution is 5.96. The van der Waals surface area contributed by atoms with Crippen molar-refractivity contribution in [3.05, 3.63) is 53.1 Å². The van der Waals surface area contributed by atoms with E-state index in [1.807, 2.05) is 24.3 Å². The molecule has 1 amide bonds. The molecule has 0 radical (unpaired) electrons. The maximum Gasteiger partial charge on any atom is 0.259 e. The summed E-state index contributed by atoms with van der Waals surface area (Å²) in [6.07, 6.45) is -0.693. The minimum absolute atomic E-state index is 0.211. The number of β-amino-alcohol motifs (C(OH)–C–C–N with tert-alkyl or cyclic N) is 1. The van der Waals surface area contributed by atoms with Crippen LogP contribution in [0.5, 0.6) is 11.8 Å². The van der Waals surface area contributed by atoms with Gasteiger partial charge in [0.15, 0.2) is 0 Å². The highest BCUT2D eigenvalue weighted by atomic mass is 16.5. The molecular formula is C17H18N2O4. The number of ether oxygens (including phenoxy) is 2. The van der Waals surface area contributed by atoms with Gasteiger partial charge in [0, 0.05) is 12.6 Å². The van der Waals surface area contributed by atoms with E-state index in [1.165, 1.54) is 14.2 Å². The average Bonchev–Trinajstić information content (AvgIpc) is 2.60. The van der Waals surface area contributed by atoms with Gasteiger partial charge in [0.05, 0.1) is 26.9 Å². The third kappa shape index (κ3) is 2.85. The first kappa shape index (κ1) is 15.3. The van der Waals surface area contributed by atoms with E-state index in [2.05, 4.69) is 4.98 Å². The minimum Gasteiger partial charge on any atom is -0.481 e. The smallest absolute Gasteiger partial charge is 0.259 e. The molecule has 6 nitrogen and oxygen atoms in total. The highest BCUT2D eigenvalue weighted by Gasteiger charge is 2.29. The van der Waals surface area contributed by atoms with Gasteiger partial charge >= 0.3 is 0 Å². The second-order valence-corrected chi connectivity index (χ2v) is 5.31. The highest BCUT2D eigenvalue weighted by Crippen LogP contribution is 2.29. The van der Waals surface area contributed by atoms with Crippen molar-refractivity contribution >= 4 is 5.91 Å². The quantitative estimate of drug-likeness (QED) is 0.935. The van der Waals surface area contributed by atoms with Gasteiger partial charge in [0.25, 0.3) is 5.91 Å². The van der Waals surface area contributed by atoms with Gasteiger partial charge in [-0.05, 0) is 17.2 Å². The first-order chi connectivity index (χ1) is 11.1. The van der Waals surface area contributed by atoms with Crippen molar-refractivity contribution in [1.29, 1.82) is 0 Å². The fourth-order valence-corrected chi connectivity index (χ4v) is 2.76. The summed E-state index contributed by atoms with van der Waals surface area (Å²) in [6.45, 7) is 0.687. The number of amides is 1. The van der Waals surface area contributed by atoms with E-state index in [0.29, 0.717) is 18.0 Å². The van der Waals surface area contributed by atoms with E-state index in [0.717, 1.165) is 11.1 Å². The van der Waals surface area contributed by atoms with Crippen molar-refractivity contribution in [3.8, 4) is 11.8 Å². The van der Waals surface area contributed by atoms with Gasteiger partial charge < -0.3 is 19.5 Å². The molecule has 0 saturated heterocycles. The number of pyridine rings is 1. The zero-order chi connectivity index (χ0) is 16.4. The lowest BCUT2D eigenvalue weighted by molar-refractivity contribution is 0.0546. The molecule has 1 atom stereocenters. The number of aliphatic hydroxyl groups excluding tert-OH is 1.